The summed E-state index contributed by atoms with van der Waals surface area (Å²) in [7, 11) is 1.52. The number of amides is 1. The number of carboxylic acid groups (broad SMARTS) is 1. The van der Waals surface area contributed by atoms with Crippen LogP contribution in [0, 0.1) is 17.3 Å². The lowest BCUT2D eigenvalue weighted by molar-refractivity contribution is -0.142. The van der Waals surface area contributed by atoms with Crippen LogP contribution in [0.25, 0.3) is 0 Å². The van der Waals surface area contributed by atoms with E-state index in [1.807, 2.05) is 0 Å². The van der Waals surface area contributed by atoms with Gasteiger partial charge in [-0.1, -0.05) is 20.8 Å². The van der Waals surface area contributed by atoms with E-state index in [1.165, 1.54) is 13.5 Å². The highest BCUT2D eigenvalue weighted by Gasteiger charge is 2.33. The Morgan fingerprint density at radius 2 is 2.05 bits per heavy atom. The van der Waals surface area contributed by atoms with Gasteiger partial charge in [-0.05, 0) is 36.5 Å². The molecule has 0 radical (unpaired) electrons. The lowest BCUT2D eigenvalue weighted by Crippen LogP contribution is -2.42. The summed E-state index contributed by atoms with van der Waals surface area (Å²) >= 11 is 0. The molecule has 1 rings (SSSR count). The molecule has 2 N–H and O–H groups in total. The van der Waals surface area contributed by atoms with Crippen molar-refractivity contribution in [2.24, 2.45) is 17.3 Å². The SMILES string of the molecule is COCCC(NC(=O)CC1CC(C)CC(C)(C)C1)C(=O)O. The zero-order chi connectivity index (χ0) is 16.0. The van der Waals surface area contributed by atoms with Crippen LogP contribution in [0.15, 0.2) is 0 Å². The van der Waals surface area contributed by atoms with Crippen LogP contribution in [0.1, 0.15) is 52.9 Å². The summed E-state index contributed by atoms with van der Waals surface area (Å²) in [5.74, 6) is -0.193. The van der Waals surface area contributed by atoms with Crippen LogP contribution in [0.3, 0.4) is 0 Å². The maximum Gasteiger partial charge on any atom is 0.326 e. The van der Waals surface area contributed by atoms with Gasteiger partial charge in [0, 0.05) is 26.6 Å². The van der Waals surface area contributed by atoms with Gasteiger partial charge in [0.15, 0.2) is 0 Å². The van der Waals surface area contributed by atoms with Gasteiger partial charge < -0.3 is 15.2 Å². The van der Waals surface area contributed by atoms with Gasteiger partial charge in [0.25, 0.3) is 0 Å². The molecule has 0 saturated heterocycles. The van der Waals surface area contributed by atoms with Gasteiger partial charge >= 0.3 is 5.97 Å². The summed E-state index contributed by atoms with van der Waals surface area (Å²) in [4.78, 5) is 23.2. The molecule has 122 valence electrons. The smallest absolute Gasteiger partial charge is 0.326 e. The molecule has 1 aliphatic rings. The molecule has 21 heavy (non-hydrogen) atoms. The summed E-state index contributed by atoms with van der Waals surface area (Å²) < 4.78 is 4.88. The van der Waals surface area contributed by atoms with Gasteiger partial charge in [-0.25, -0.2) is 4.79 Å². The Hall–Kier alpha value is -1.10. The summed E-state index contributed by atoms with van der Waals surface area (Å²) in [5, 5.41) is 11.7. The molecule has 3 unspecified atom stereocenters. The number of carbonyl (C=O) groups is 2. The lowest BCUT2D eigenvalue weighted by atomic mass is 9.67. The van der Waals surface area contributed by atoms with Gasteiger partial charge in [-0.2, -0.15) is 0 Å². The number of hydrogen-bond donors (Lipinski definition) is 2. The maximum atomic E-state index is 12.1. The van der Waals surface area contributed by atoms with Crippen molar-refractivity contribution in [3.8, 4) is 0 Å². The van der Waals surface area contributed by atoms with E-state index in [9.17, 15) is 9.59 Å². The number of rotatable bonds is 7. The third-order valence-corrected chi connectivity index (χ3v) is 4.20. The highest BCUT2D eigenvalue weighted by molar-refractivity contribution is 5.83. The van der Waals surface area contributed by atoms with Crippen molar-refractivity contribution >= 4 is 11.9 Å². The number of carbonyl (C=O) groups excluding carboxylic acids is 1. The molecular formula is C16H29NO4. The van der Waals surface area contributed by atoms with E-state index >= 15 is 0 Å². The minimum Gasteiger partial charge on any atom is -0.480 e. The first-order valence-corrected chi connectivity index (χ1v) is 7.74. The molecule has 0 aromatic carbocycles. The van der Waals surface area contributed by atoms with Gasteiger partial charge in [-0.3, -0.25) is 4.79 Å². The molecule has 0 spiro atoms. The Morgan fingerprint density at radius 3 is 2.57 bits per heavy atom. The van der Waals surface area contributed by atoms with E-state index in [0.717, 1.165) is 12.8 Å². The molecule has 1 aliphatic carbocycles. The molecular weight excluding hydrogens is 270 g/mol. The molecule has 1 fully saturated rings. The maximum absolute atomic E-state index is 12.1. The van der Waals surface area contributed by atoms with Crippen LogP contribution < -0.4 is 5.32 Å². The number of carboxylic acids is 1. The van der Waals surface area contributed by atoms with Gasteiger partial charge in [-0.15, -0.1) is 0 Å². The Balaban J connectivity index is 2.49. The number of hydrogen-bond acceptors (Lipinski definition) is 3. The monoisotopic (exact) mass is 299 g/mol. The van der Waals surface area contributed by atoms with Gasteiger partial charge in [0.1, 0.15) is 6.04 Å². The van der Waals surface area contributed by atoms with Crippen molar-refractivity contribution in [1.29, 1.82) is 0 Å². The fourth-order valence-electron chi connectivity index (χ4n) is 3.71. The molecule has 3 atom stereocenters. The molecule has 1 amide bonds. The molecule has 5 nitrogen and oxygen atoms in total. The zero-order valence-corrected chi connectivity index (χ0v) is 13.6. The van der Waals surface area contributed by atoms with E-state index in [1.54, 1.807) is 0 Å². The fraction of sp³-hybridized carbons (Fsp3) is 0.875. The van der Waals surface area contributed by atoms with Crippen molar-refractivity contribution in [1.82, 2.24) is 5.32 Å². The third kappa shape index (κ3) is 6.46. The van der Waals surface area contributed by atoms with Crippen molar-refractivity contribution in [3.05, 3.63) is 0 Å². The van der Waals surface area contributed by atoms with Crippen LogP contribution in [0.5, 0.6) is 0 Å². The number of aliphatic carboxylic acids is 1. The van der Waals surface area contributed by atoms with Crippen molar-refractivity contribution in [3.63, 3.8) is 0 Å². The number of nitrogens with one attached hydrogen (secondary N) is 1. The first-order valence-electron chi connectivity index (χ1n) is 7.74. The summed E-state index contributed by atoms with van der Waals surface area (Å²) in [6.07, 6.45) is 3.98. The van der Waals surface area contributed by atoms with Gasteiger partial charge in [0.05, 0.1) is 0 Å². The Labute approximate surface area is 127 Å². The van der Waals surface area contributed by atoms with E-state index in [0.29, 0.717) is 31.3 Å². The predicted octanol–water partition coefficient (Wildman–Crippen LogP) is 2.44. The molecule has 1 saturated carbocycles. The second kappa shape index (κ2) is 7.78. The highest BCUT2D eigenvalue weighted by atomic mass is 16.5. The predicted molar refractivity (Wildman–Crippen MR) is 81.0 cm³/mol. The molecule has 0 aromatic heterocycles. The zero-order valence-electron chi connectivity index (χ0n) is 13.6. The second-order valence-electron chi connectivity index (χ2n) is 7.22. The largest absolute Gasteiger partial charge is 0.480 e. The Morgan fingerprint density at radius 1 is 1.38 bits per heavy atom. The summed E-state index contributed by atoms with van der Waals surface area (Å²) in [6.45, 7) is 7.04. The quantitative estimate of drug-likeness (QED) is 0.757. The molecule has 0 heterocycles. The van der Waals surface area contributed by atoms with E-state index in [-0.39, 0.29) is 11.3 Å². The van der Waals surface area contributed by atoms with Crippen LogP contribution in [0.4, 0.5) is 0 Å². The summed E-state index contributed by atoms with van der Waals surface area (Å²) in [5.41, 5.74) is 0.269. The molecule has 5 heteroatoms. The van der Waals surface area contributed by atoms with E-state index in [4.69, 9.17) is 9.84 Å². The topological polar surface area (TPSA) is 75.6 Å². The Kier molecular flexibility index (Phi) is 6.65. The average molecular weight is 299 g/mol. The van der Waals surface area contributed by atoms with Crippen LogP contribution in [0.2, 0.25) is 0 Å². The first kappa shape index (κ1) is 18.0. The van der Waals surface area contributed by atoms with E-state index < -0.39 is 12.0 Å². The van der Waals surface area contributed by atoms with Crippen LogP contribution in [-0.2, 0) is 14.3 Å². The standard InChI is InChI=1S/C16H29NO4/c1-11-7-12(10-16(2,3)9-11)8-14(18)17-13(15(19)20)5-6-21-4/h11-13H,5-10H2,1-4H3,(H,17,18)(H,19,20). The molecule has 0 aliphatic heterocycles. The Bertz CT molecular complexity index is 367. The lowest BCUT2D eigenvalue weighted by Gasteiger charge is -2.38. The minimum absolute atomic E-state index is 0.159. The normalized spacial score (nSPS) is 26.1. The number of methoxy groups -OCH3 is 1. The van der Waals surface area contributed by atoms with Crippen LogP contribution in [-0.4, -0.2) is 36.7 Å². The van der Waals surface area contributed by atoms with Crippen molar-refractivity contribution < 1.29 is 19.4 Å². The van der Waals surface area contributed by atoms with Crippen molar-refractivity contribution in [2.75, 3.05) is 13.7 Å². The van der Waals surface area contributed by atoms with E-state index in [2.05, 4.69) is 26.1 Å². The summed E-state index contributed by atoms with van der Waals surface area (Å²) in [6, 6.07) is -0.855. The molecule has 0 aromatic rings. The highest BCUT2D eigenvalue weighted by Crippen LogP contribution is 2.42. The fourth-order valence-corrected chi connectivity index (χ4v) is 3.71. The second-order valence-corrected chi connectivity index (χ2v) is 7.22. The van der Waals surface area contributed by atoms with Crippen LogP contribution >= 0.6 is 0 Å². The average Bonchev–Trinajstić information content (AvgIpc) is 2.31. The third-order valence-electron chi connectivity index (χ3n) is 4.20. The van der Waals surface area contributed by atoms with Gasteiger partial charge in [0.2, 0.25) is 5.91 Å². The van der Waals surface area contributed by atoms with Crippen molar-refractivity contribution in [2.45, 2.75) is 58.9 Å². The number of ether oxygens (including phenoxy) is 1. The first-order chi connectivity index (χ1) is 9.73. The molecule has 0 bridgehead atoms. The minimum atomic E-state index is -1.00.